The number of halogens is 3. The first-order valence-electron chi connectivity index (χ1n) is 15.1. The molecule has 0 atom stereocenters. The molecule has 6 rings (SSSR count). The van der Waals surface area contributed by atoms with Crippen LogP contribution in [0.3, 0.4) is 0 Å². The Balaban J connectivity index is 0.000000265. The first-order valence-corrected chi connectivity index (χ1v) is 15.1. The van der Waals surface area contributed by atoms with E-state index in [1.807, 2.05) is 0 Å². The number of carboxylic acid groups (broad SMARTS) is 2. The van der Waals surface area contributed by atoms with Gasteiger partial charge in [-0.25, -0.2) is 23.2 Å². The molecule has 2 aliphatic heterocycles. The van der Waals surface area contributed by atoms with E-state index in [1.54, 1.807) is 59.3 Å². The van der Waals surface area contributed by atoms with Crippen LogP contribution in [0, 0.1) is 11.6 Å². The Labute approximate surface area is 289 Å². The molecule has 49 heavy (non-hydrogen) atoms. The molecule has 0 aliphatic carbocycles. The molecule has 0 spiro atoms. The van der Waals surface area contributed by atoms with E-state index in [-0.39, 0.29) is 55.9 Å². The predicted molar refractivity (Wildman–Crippen MR) is 179 cm³/mol. The number of fused-ring (bicyclic) bond motifs is 2. The molecule has 3 N–H and O–H groups in total. The Bertz CT molecular complexity index is 1780. The van der Waals surface area contributed by atoms with Gasteiger partial charge in [-0.1, -0.05) is 31.7 Å². The maximum absolute atomic E-state index is 13.1. The van der Waals surface area contributed by atoms with Crippen molar-refractivity contribution in [2.75, 3.05) is 13.1 Å². The lowest BCUT2D eigenvalue weighted by atomic mass is 10.0. The van der Waals surface area contributed by atoms with Crippen LogP contribution < -0.4 is 5.32 Å². The van der Waals surface area contributed by atoms with Gasteiger partial charge in [0.15, 0.2) is 11.4 Å². The van der Waals surface area contributed by atoms with Crippen LogP contribution >= 0.6 is 12.4 Å². The summed E-state index contributed by atoms with van der Waals surface area (Å²) in [5.41, 5.74) is 4.18. The van der Waals surface area contributed by atoms with Crippen molar-refractivity contribution in [3.63, 3.8) is 0 Å². The monoisotopic (exact) mass is 702 g/mol. The van der Waals surface area contributed by atoms with E-state index < -0.39 is 23.6 Å². The number of aromatic nitrogens is 4. The van der Waals surface area contributed by atoms with Crippen LogP contribution in [0.5, 0.6) is 0 Å². The average molecular weight is 703 g/mol. The highest BCUT2D eigenvalue weighted by atomic mass is 35.5. The number of nitrogens with one attached hydrogen (secondary N) is 1. The summed E-state index contributed by atoms with van der Waals surface area (Å²) in [6.07, 6.45) is 0.611. The van der Waals surface area contributed by atoms with Gasteiger partial charge in [-0.15, -0.1) is 12.4 Å². The summed E-state index contributed by atoms with van der Waals surface area (Å²) < 4.78 is 34.7. The summed E-state index contributed by atoms with van der Waals surface area (Å²) in [6.45, 7) is 8.06. The maximum atomic E-state index is 13.1. The number of carbonyl (C=O) groups is 3. The van der Waals surface area contributed by atoms with E-state index in [4.69, 9.17) is 4.74 Å². The summed E-state index contributed by atoms with van der Waals surface area (Å²) in [6, 6.07) is 12.1. The third-order valence-corrected chi connectivity index (χ3v) is 7.70. The SMILES string of the molecule is C.CC(C)(C)OC(=O)N1CCc2c(C(=O)O)nn(Cc3ccc(F)cc3)c2C1.Cl.O=C(O)c1nn(Cc2ccc(F)cc2)c2c1CCNC2. The lowest BCUT2D eigenvalue weighted by Gasteiger charge is -2.30. The normalized spacial score (nSPS) is 13.4. The molecule has 0 radical (unpaired) electrons. The summed E-state index contributed by atoms with van der Waals surface area (Å²) in [5, 5.41) is 30.3. The number of hydrogen-bond acceptors (Lipinski definition) is 7. The van der Waals surface area contributed by atoms with Crippen molar-refractivity contribution in [3.05, 3.63) is 105 Å². The quantitative estimate of drug-likeness (QED) is 0.235. The van der Waals surface area contributed by atoms with Crippen molar-refractivity contribution >= 4 is 30.4 Å². The van der Waals surface area contributed by atoms with E-state index in [0.717, 1.165) is 28.9 Å². The minimum atomic E-state index is -1.10. The first kappa shape index (κ1) is 38.6. The van der Waals surface area contributed by atoms with Crippen molar-refractivity contribution in [2.45, 2.75) is 72.8 Å². The Hall–Kier alpha value is -4.82. The zero-order chi connectivity index (χ0) is 33.9. The number of rotatable bonds is 6. The summed E-state index contributed by atoms with van der Waals surface area (Å²) in [4.78, 5) is 36.7. The largest absolute Gasteiger partial charge is 0.476 e. The second-order valence-corrected chi connectivity index (χ2v) is 12.3. The zero-order valence-corrected chi connectivity index (χ0v) is 27.5. The number of hydrogen-bond donors (Lipinski definition) is 3. The van der Waals surface area contributed by atoms with Crippen molar-refractivity contribution in [2.24, 2.45) is 0 Å². The Kier molecular flexibility index (Phi) is 12.7. The third-order valence-electron chi connectivity index (χ3n) is 7.70. The van der Waals surface area contributed by atoms with Gasteiger partial charge in [-0.05, 0) is 75.5 Å². The predicted octanol–water partition coefficient (Wildman–Crippen LogP) is 5.53. The highest BCUT2D eigenvalue weighted by Gasteiger charge is 2.32. The fraction of sp³-hybridized carbons (Fsp3) is 0.382. The van der Waals surface area contributed by atoms with Gasteiger partial charge in [0, 0.05) is 24.2 Å². The fourth-order valence-electron chi connectivity index (χ4n) is 5.51. The third kappa shape index (κ3) is 9.42. The highest BCUT2D eigenvalue weighted by Crippen LogP contribution is 2.25. The van der Waals surface area contributed by atoms with Gasteiger partial charge in [0.1, 0.15) is 17.2 Å². The molecule has 4 aromatic rings. The number of aromatic carboxylic acids is 2. The number of carboxylic acids is 2. The number of carbonyl (C=O) groups excluding carboxylic acids is 1. The molecule has 264 valence electrons. The molecule has 0 saturated heterocycles. The second kappa shape index (κ2) is 16.1. The molecule has 4 heterocycles. The van der Waals surface area contributed by atoms with E-state index in [0.29, 0.717) is 43.7 Å². The van der Waals surface area contributed by atoms with Crippen LogP contribution in [-0.4, -0.2) is 71.4 Å². The van der Waals surface area contributed by atoms with Gasteiger partial charge in [0.2, 0.25) is 0 Å². The molecular formula is C34H41ClF2N6O6. The maximum Gasteiger partial charge on any atom is 0.410 e. The molecule has 12 nitrogen and oxygen atoms in total. The number of amides is 1. The topological polar surface area (TPSA) is 152 Å². The molecule has 0 fully saturated rings. The number of benzene rings is 2. The summed E-state index contributed by atoms with van der Waals surface area (Å²) in [7, 11) is 0. The molecular weight excluding hydrogens is 662 g/mol. The highest BCUT2D eigenvalue weighted by molar-refractivity contribution is 5.88. The first-order chi connectivity index (χ1) is 22.3. The van der Waals surface area contributed by atoms with Crippen molar-refractivity contribution in [3.8, 4) is 0 Å². The zero-order valence-electron chi connectivity index (χ0n) is 26.7. The van der Waals surface area contributed by atoms with E-state index in [1.165, 1.54) is 24.3 Å². The van der Waals surface area contributed by atoms with E-state index in [9.17, 15) is 33.4 Å². The van der Waals surface area contributed by atoms with E-state index in [2.05, 4.69) is 15.5 Å². The number of ether oxygens (including phenoxy) is 1. The van der Waals surface area contributed by atoms with Crippen LogP contribution in [0.2, 0.25) is 0 Å². The molecule has 2 aromatic heterocycles. The Morgan fingerprint density at radius 1 is 0.816 bits per heavy atom. The summed E-state index contributed by atoms with van der Waals surface area (Å²) >= 11 is 0. The molecule has 2 aliphatic rings. The lowest BCUT2D eigenvalue weighted by molar-refractivity contribution is 0.0218. The van der Waals surface area contributed by atoms with Gasteiger partial charge in [-0.2, -0.15) is 10.2 Å². The molecule has 15 heteroatoms. The number of nitrogens with zero attached hydrogens (tertiary/aromatic N) is 5. The second-order valence-electron chi connectivity index (χ2n) is 12.3. The van der Waals surface area contributed by atoms with Crippen LogP contribution in [-0.2, 0) is 43.8 Å². The molecule has 2 aromatic carbocycles. The van der Waals surface area contributed by atoms with Crippen LogP contribution in [0.4, 0.5) is 13.6 Å². The van der Waals surface area contributed by atoms with Gasteiger partial charge >= 0.3 is 18.0 Å². The van der Waals surface area contributed by atoms with Gasteiger partial charge < -0.3 is 25.2 Å². The molecule has 0 saturated carbocycles. The van der Waals surface area contributed by atoms with Gasteiger partial charge in [-0.3, -0.25) is 9.36 Å². The van der Waals surface area contributed by atoms with Crippen LogP contribution in [0.15, 0.2) is 48.5 Å². The van der Waals surface area contributed by atoms with Crippen LogP contribution in [0.25, 0.3) is 0 Å². The summed E-state index contributed by atoms with van der Waals surface area (Å²) in [5.74, 6) is -2.73. The lowest BCUT2D eigenvalue weighted by Crippen LogP contribution is -2.40. The molecule has 0 bridgehead atoms. The van der Waals surface area contributed by atoms with Gasteiger partial charge in [0.25, 0.3) is 0 Å². The van der Waals surface area contributed by atoms with Gasteiger partial charge in [0.05, 0.1) is 31.0 Å². The van der Waals surface area contributed by atoms with Crippen molar-refractivity contribution in [1.29, 1.82) is 0 Å². The molecule has 0 unspecified atom stereocenters. The fourth-order valence-corrected chi connectivity index (χ4v) is 5.51. The van der Waals surface area contributed by atoms with Crippen molar-refractivity contribution in [1.82, 2.24) is 29.8 Å². The minimum Gasteiger partial charge on any atom is -0.476 e. The minimum absolute atomic E-state index is 0. The van der Waals surface area contributed by atoms with Crippen molar-refractivity contribution < 1.29 is 38.1 Å². The van der Waals surface area contributed by atoms with E-state index >= 15 is 0 Å². The Morgan fingerprint density at radius 3 is 1.76 bits per heavy atom. The average Bonchev–Trinajstić information content (AvgIpc) is 3.57. The van der Waals surface area contributed by atoms with Crippen LogP contribution in [0.1, 0.15) is 82.8 Å². The molecule has 1 amide bonds. The standard InChI is InChI=1S/C19H22FN3O4.C14H14FN3O2.CH4.ClH/c1-19(2,3)27-18(26)22-9-8-14-15(11-22)23(21-16(14)17(24)25)10-12-4-6-13(20)7-5-12;15-10-3-1-9(2-4-10)8-18-12-7-16-6-5-11(12)13(17-18)14(19)20;;/h4-7H,8-11H2,1-3H3,(H,24,25);1-4,16H,5-8H2,(H,19,20);1H4;1H. The Morgan fingerprint density at radius 2 is 1.29 bits per heavy atom. The smallest absolute Gasteiger partial charge is 0.410 e.